The van der Waals surface area contributed by atoms with Gasteiger partial charge in [0.15, 0.2) is 0 Å². The second-order valence-corrected chi connectivity index (χ2v) is 5.34. The average molecular weight is 285 g/mol. The highest BCUT2D eigenvalue weighted by Crippen LogP contribution is 2.25. The fourth-order valence-corrected chi connectivity index (χ4v) is 2.33. The van der Waals surface area contributed by atoms with Crippen LogP contribution in [-0.4, -0.2) is 42.8 Å². The summed E-state index contributed by atoms with van der Waals surface area (Å²) in [6.07, 6.45) is 0.971. The lowest BCUT2D eigenvalue weighted by Crippen LogP contribution is -2.35. The molecule has 2 N–H and O–H groups in total. The molecule has 4 heteroatoms. The van der Waals surface area contributed by atoms with E-state index in [-0.39, 0.29) is 18.7 Å². The molecule has 108 valence electrons. The molecule has 2 atom stereocenters. The summed E-state index contributed by atoms with van der Waals surface area (Å²) < 4.78 is 0. The van der Waals surface area contributed by atoms with Crippen LogP contribution in [-0.2, 0) is 0 Å². The molecule has 0 aliphatic rings. The van der Waals surface area contributed by atoms with Crippen molar-refractivity contribution in [3.63, 3.8) is 0 Å². The van der Waals surface area contributed by atoms with Gasteiger partial charge in [0.2, 0.25) is 0 Å². The van der Waals surface area contributed by atoms with Crippen LogP contribution in [0.15, 0.2) is 24.3 Å². The minimum Gasteiger partial charge on any atom is -0.395 e. The zero-order valence-corrected chi connectivity index (χ0v) is 12.8. The lowest BCUT2D eigenvalue weighted by atomic mass is 10.0. The van der Waals surface area contributed by atoms with Crippen molar-refractivity contribution in [2.75, 3.05) is 26.7 Å². The van der Waals surface area contributed by atoms with Gasteiger partial charge in [0, 0.05) is 23.7 Å². The Hall–Kier alpha value is -0.610. The van der Waals surface area contributed by atoms with E-state index in [4.69, 9.17) is 16.7 Å². The maximum absolute atomic E-state index is 9.16. The maximum atomic E-state index is 9.16. The van der Waals surface area contributed by atoms with Crippen LogP contribution in [0.5, 0.6) is 0 Å². The largest absolute Gasteiger partial charge is 0.395 e. The number of likely N-dealkylation sites (N-methyl/N-ethyl adjacent to an activating group) is 1. The standard InChI is InChI=1S/C15H25ClN2O/c1-4-17-15(9-10-18(3)12(2)11-19)13-7-5-6-8-14(13)16/h5-8,12,15,17,19H,4,9-11H2,1-3H3. The lowest BCUT2D eigenvalue weighted by Gasteiger charge is -2.26. The SMILES string of the molecule is CCNC(CCN(C)C(C)CO)c1ccccc1Cl. The number of hydrogen-bond donors (Lipinski definition) is 2. The van der Waals surface area contributed by atoms with E-state index in [1.165, 1.54) is 0 Å². The van der Waals surface area contributed by atoms with E-state index < -0.39 is 0 Å². The molecule has 2 unspecified atom stereocenters. The van der Waals surface area contributed by atoms with Gasteiger partial charge < -0.3 is 15.3 Å². The van der Waals surface area contributed by atoms with E-state index in [0.29, 0.717) is 0 Å². The van der Waals surface area contributed by atoms with Gasteiger partial charge in [0.05, 0.1) is 6.61 Å². The predicted octanol–water partition coefficient (Wildman–Crippen LogP) is 2.69. The summed E-state index contributed by atoms with van der Waals surface area (Å²) in [6, 6.07) is 8.42. The second-order valence-electron chi connectivity index (χ2n) is 4.93. The molecule has 0 amide bonds. The molecule has 0 saturated carbocycles. The maximum Gasteiger partial charge on any atom is 0.0584 e. The number of nitrogens with zero attached hydrogens (tertiary/aromatic N) is 1. The van der Waals surface area contributed by atoms with Crippen LogP contribution in [0.1, 0.15) is 31.9 Å². The van der Waals surface area contributed by atoms with Gasteiger partial charge in [0.25, 0.3) is 0 Å². The fraction of sp³-hybridized carbons (Fsp3) is 0.600. The molecule has 1 aromatic rings. The van der Waals surface area contributed by atoms with E-state index in [2.05, 4.69) is 23.2 Å². The van der Waals surface area contributed by atoms with Crippen molar-refractivity contribution in [1.82, 2.24) is 10.2 Å². The van der Waals surface area contributed by atoms with Crippen molar-refractivity contribution in [2.45, 2.75) is 32.4 Å². The Balaban J connectivity index is 2.66. The quantitative estimate of drug-likeness (QED) is 0.770. The molecule has 1 rings (SSSR count). The normalized spacial score (nSPS) is 14.6. The summed E-state index contributed by atoms with van der Waals surface area (Å²) in [7, 11) is 2.04. The van der Waals surface area contributed by atoms with Crippen LogP contribution < -0.4 is 5.32 Å². The Labute approximate surface area is 121 Å². The van der Waals surface area contributed by atoms with E-state index in [1.54, 1.807) is 0 Å². The molecule has 19 heavy (non-hydrogen) atoms. The van der Waals surface area contributed by atoms with Crippen LogP contribution in [0.4, 0.5) is 0 Å². The van der Waals surface area contributed by atoms with Crippen molar-refractivity contribution >= 4 is 11.6 Å². The highest BCUT2D eigenvalue weighted by Gasteiger charge is 2.15. The van der Waals surface area contributed by atoms with Gasteiger partial charge in [-0.3, -0.25) is 0 Å². The molecule has 0 spiro atoms. The molecule has 0 aliphatic carbocycles. The molecule has 3 nitrogen and oxygen atoms in total. The van der Waals surface area contributed by atoms with Crippen molar-refractivity contribution in [3.05, 3.63) is 34.9 Å². The Morgan fingerprint density at radius 3 is 2.63 bits per heavy atom. The molecule has 0 fully saturated rings. The van der Waals surface area contributed by atoms with Gasteiger partial charge in [-0.25, -0.2) is 0 Å². The summed E-state index contributed by atoms with van der Waals surface area (Å²) in [5.74, 6) is 0. The van der Waals surface area contributed by atoms with Gasteiger partial charge in [-0.05, 0) is 38.6 Å². The van der Waals surface area contributed by atoms with Gasteiger partial charge >= 0.3 is 0 Å². The van der Waals surface area contributed by atoms with E-state index >= 15 is 0 Å². The molecule has 0 aliphatic heterocycles. The Morgan fingerprint density at radius 1 is 1.37 bits per heavy atom. The number of nitrogens with one attached hydrogen (secondary N) is 1. The van der Waals surface area contributed by atoms with E-state index in [9.17, 15) is 0 Å². The van der Waals surface area contributed by atoms with E-state index in [1.807, 2.05) is 32.2 Å². The molecule has 0 heterocycles. The van der Waals surface area contributed by atoms with Crippen molar-refractivity contribution < 1.29 is 5.11 Å². The van der Waals surface area contributed by atoms with Gasteiger partial charge in [-0.2, -0.15) is 0 Å². The minimum atomic E-state index is 0.188. The first-order valence-corrected chi connectivity index (χ1v) is 7.26. The third-order valence-corrected chi connectivity index (χ3v) is 3.86. The smallest absolute Gasteiger partial charge is 0.0584 e. The van der Waals surface area contributed by atoms with E-state index in [0.717, 1.165) is 30.1 Å². The summed E-state index contributed by atoms with van der Waals surface area (Å²) in [6.45, 7) is 6.15. The molecule has 0 saturated heterocycles. The van der Waals surface area contributed by atoms with Crippen LogP contribution in [0.3, 0.4) is 0 Å². The number of aliphatic hydroxyl groups excluding tert-OH is 1. The van der Waals surface area contributed by atoms with Crippen LogP contribution in [0.25, 0.3) is 0 Å². The summed E-state index contributed by atoms with van der Waals surface area (Å²) in [5, 5.41) is 13.4. The topological polar surface area (TPSA) is 35.5 Å². The third kappa shape index (κ3) is 5.11. The predicted molar refractivity (Wildman–Crippen MR) is 81.7 cm³/mol. The van der Waals surface area contributed by atoms with Gasteiger partial charge in [-0.1, -0.05) is 36.7 Å². The number of rotatable bonds is 8. The number of hydrogen-bond acceptors (Lipinski definition) is 3. The zero-order valence-electron chi connectivity index (χ0n) is 12.1. The first-order valence-electron chi connectivity index (χ1n) is 6.89. The lowest BCUT2D eigenvalue weighted by molar-refractivity contribution is 0.154. The number of halogens is 1. The number of benzene rings is 1. The first-order chi connectivity index (χ1) is 9.10. The van der Waals surface area contributed by atoms with Crippen molar-refractivity contribution in [2.24, 2.45) is 0 Å². The van der Waals surface area contributed by atoms with Crippen molar-refractivity contribution in [1.29, 1.82) is 0 Å². The molecule has 0 bridgehead atoms. The van der Waals surface area contributed by atoms with Crippen LogP contribution >= 0.6 is 11.6 Å². The monoisotopic (exact) mass is 284 g/mol. The Morgan fingerprint density at radius 2 is 2.05 bits per heavy atom. The molecule has 1 aromatic carbocycles. The molecular weight excluding hydrogens is 260 g/mol. The van der Waals surface area contributed by atoms with Gasteiger partial charge in [-0.15, -0.1) is 0 Å². The van der Waals surface area contributed by atoms with Crippen LogP contribution in [0.2, 0.25) is 5.02 Å². The highest BCUT2D eigenvalue weighted by atomic mass is 35.5. The molecule has 0 radical (unpaired) electrons. The zero-order chi connectivity index (χ0) is 14.3. The van der Waals surface area contributed by atoms with Crippen LogP contribution in [0, 0.1) is 0 Å². The second kappa shape index (κ2) is 8.54. The molecular formula is C15H25ClN2O. The first kappa shape index (κ1) is 16.4. The molecule has 0 aromatic heterocycles. The number of aliphatic hydroxyl groups is 1. The Kier molecular flexibility index (Phi) is 7.39. The third-order valence-electron chi connectivity index (χ3n) is 3.52. The summed E-state index contributed by atoms with van der Waals surface area (Å²) in [5.41, 5.74) is 1.15. The fourth-order valence-electron chi connectivity index (χ4n) is 2.06. The Bertz CT molecular complexity index is 373. The van der Waals surface area contributed by atoms with Gasteiger partial charge in [0.1, 0.15) is 0 Å². The minimum absolute atomic E-state index is 0.188. The summed E-state index contributed by atoms with van der Waals surface area (Å²) >= 11 is 6.27. The average Bonchev–Trinajstić information content (AvgIpc) is 2.43. The summed E-state index contributed by atoms with van der Waals surface area (Å²) in [4.78, 5) is 2.17. The highest BCUT2D eigenvalue weighted by molar-refractivity contribution is 6.31. The van der Waals surface area contributed by atoms with Crippen molar-refractivity contribution in [3.8, 4) is 0 Å².